The molecule has 120 valence electrons. The topological polar surface area (TPSA) is 71.5 Å². The van der Waals surface area contributed by atoms with Gasteiger partial charge in [0.05, 0.1) is 13.2 Å². The molecule has 4 rings (SSSR count). The average molecular weight is 315 g/mol. The van der Waals surface area contributed by atoms with Crippen LogP contribution in [-0.2, 0) is 26.5 Å². The second-order valence-corrected chi connectivity index (χ2v) is 5.50. The number of hydrogen-bond donors (Lipinski definition) is 0. The Morgan fingerprint density at radius 2 is 2.30 bits per heavy atom. The van der Waals surface area contributed by atoms with Gasteiger partial charge in [0.15, 0.2) is 5.76 Å². The number of methoxy groups -OCH3 is 1. The minimum atomic E-state index is -1.03. The second-order valence-electron chi connectivity index (χ2n) is 5.50. The summed E-state index contributed by atoms with van der Waals surface area (Å²) in [5.74, 6) is -0.413. The van der Waals surface area contributed by atoms with Crippen molar-refractivity contribution in [3.05, 3.63) is 48.7 Å². The first-order chi connectivity index (χ1) is 11.3. The number of benzene rings is 1. The fourth-order valence-electron chi connectivity index (χ4n) is 2.82. The molecule has 0 aliphatic carbocycles. The van der Waals surface area contributed by atoms with Gasteiger partial charge in [-0.1, -0.05) is 18.2 Å². The molecule has 3 heterocycles. The van der Waals surface area contributed by atoms with E-state index < -0.39 is 5.79 Å². The van der Waals surface area contributed by atoms with Gasteiger partial charge < -0.3 is 18.6 Å². The minimum absolute atomic E-state index is 0.156. The maximum Gasteiger partial charge on any atom is 0.249 e. The summed E-state index contributed by atoms with van der Waals surface area (Å²) in [6.45, 7) is 1.24. The molecule has 1 saturated heterocycles. The summed E-state index contributed by atoms with van der Waals surface area (Å²) < 4.78 is 25.0. The van der Waals surface area contributed by atoms with Crippen LogP contribution in [0.5, 0.6) is 0 Å². The molecule has 0 bridgehead atoms. The molecule has 0 spiro atoms. The van der Waals surface area contributed by atoms with Crippen LogP contribution in [0.2, 0.25) is 0 Å². The van der Waals surface area contributed by atoms with E-state index >= 15 is 0 Å². The van der Waals surface area contributed by atoms with Crippen molar-refractivity contribution in [1.29, 1.82) is 0 Å². The Morgan fingerprint density at radius 1 is 1.39 bits per heavy atom. The highest BCUT2D eigenvalue weighted by atomic mass is 16.8. The van der Waals surface area contributed by atoms with Crippen LogP contribution < -0.4 is 0 Å². The van der Waals surface area contributed by atoms with Crippen molar-refractivity contribution < 1.29 is 18.6 Å². The standard InChI is InChI=1S/C16H17N3O4/c1-20-7-13-8-21-16(23-13,9-19-11-17-10-18-19)15-6-12-4-2-3-5-14(12)22-15/h2-6,10-11,13H,7-9H2,1H3/t13-,16+/m0/s1. The number of ether oxygens (including phenoxy) is 3. The fraction of sp³-hybridized carbons (Fsp3) is 0.375. The number of fused-ring (bicyclic) bond motifs is 1. The maximum atomic E-state index is 6.15. The molecule has 0 unspecified atom stereocenters. The van der Waals surface area contributed by atoms with Crippen LogP contribution in [0, 0.1) is 0 Å². The van der Waals surface area contributed by atoms with E-state index in [-0.39, 0.29) is 6.10 Å². The zero-order chi connectivity index (χ0) is 15.7. The number of furan rings is 1. The van der Waals surface area contributed by atoms with Gasteiger partial charge in [0.2, 0.25) is 5.79 Å². The summed E-state index contributed by atoms with van der Waals surface area (Å²) in [5.41, 5.74) is 0.794. The molecule has 1 aromatic carbocycles. The lowest BCUT2D eigenvalue weighted by Gasteiger charge is -2.25. The van der Waals surface area contributed by atoms with Crippen molar-refractivity contribution in [2.75, 3.05) is 20.3 Å². The third-order valence-corrected chi connectivity index (χ3v) is 3.85. The van der Waals surface area contributed by atoms with E-state index in [0.29, 0.717) is 25.5 Å². The highest BCUT2D eigenvalue weighted by Crippen LogP contribution is 2.38. The summed E-state index contributed by atoms with van der Waals surface area (Å²) in [6.07, 6.45) is 2.95. The lowest BCUT2D eigenvalue weighted by molar-refractivity contribution is -0.203. The van der Waals surface area contributed by atoms with E-state index in [2.05, 4.69) is 10.1 Å². The highest BCUT2D eigenvalue weighted by Gasteiger charge is 2.47. The van der Waals surface area contributed by atoms with Gasteiger partial charge in [0.1, 0.15) is 30.9 Å². The molecule has 2 atom stereocenters. The van der Waals surface area contributed by atoms with Crippen LogP contribution in [0.25, 0.3) is 11.0 Å². The van der Waals surface area contributed by atoms with Gasteiger partial charge in [-0.25, -0.2) is 9.67 Å². The first-order valence-electron chi connectivity index (χ1n) is 7.41. The molecule has 7 heteroatoms. The molecule has 23 heavy (non-hydrogen) atoms. The van der Waals surface area contributed by atoms with Crippen LogP contribution in [0.4, 0.5) is 0 Å². The average Bonchev–Trinajstić information content (AvgIpc) is 3.28. The molecule has 1 aliphatic rings. The second kappa shape index (κ2) is 5.77. The van der Waals surface area contributed by atoms with Crippen LogP contribution in [0.15, 0.2) is 47.4 Å². The number of rotatable bonds is 5. The largest absolute Gasteiger partial charge is 0.455 e. The van der Waals surface area contributed by atoms with E-state index in [1.807, 2.05) is 30.3 Å². The molecule has 1 aliphatic heterocycles. The monoisotopic (exact) mass is 315 g/mol. The van der Waals surface area contributed by atoms with E-state index in [1.54, 1.807) is 18.1 Å². The van der Waals surface area contributed by atoms with Crippen molar-refractivity contribution in [3.8, 4) is 0 Å². The predicted molar refractivity (Wildman–Crippen MR) is 80.6 cm³/mol. The Hall–Kier alpha value is -2.22. The van der Waals surface area contributed by atoms with Gasteiger partial charge in [0, 0.05) is 12.5 Å². The molecule has 2 aromatic heterocycles. The Kier molecular flexibility index (Phi) is 3.60. The first-order valence-corrected chi connectivity index (χ1v) is 7.41. The summed E-state index contributed by atoms with van der Waals surface area (Å²) >= 11 is 0. The number of aromatic nitrogens is 3. The number of nitrogens with zero attached hydrogens (tertiary/aromatic N) is 3. The minimum Gasteiger partial charge on any atom is -0.455 e. The Balaban J connectivity index is 1.72. The van der Waals surface area contributed by atoms with Crippen molar-refractivity contribution in [2.45, 2.75) is 18.4 Å². The third-order valence-electron chi connectivity index (χ3n) is 3.85. The first kappa shape index (κ1) is 14.4. The summed E-state index contributed by atoms with van der Waals surface area (Å²) in [7, 11) is 1.64. The Morgan fingerprint density at radius 3 is 3.09 bits per heavy atom. The van der Waals surface area contributed by atoms with Crippen molar-refractivity contribution in [1.82, 2.24) is 14.8 Å². The lowest BCUT2D eigenvalue weighted by atomic mass is 10.2. The van der Waals surface area contributed by atoms with Crippen LogP contribution in [0.1, 0.15) is 5.76 Å². The quantitative estimate of drug-likeness (QED) is 0.716. The van der Waals surface area contributed by atoms with Crippen molar-refractivity contribution in [2.24, 2.45) is 0 Å². The zero-order valence-electron chi connectivity index (χ0n) is 12.7. The van der Waals surface area contributed by atoms with Crippen LogP contribution in [0.3, 0.4) is 0 Å². The van der Waals surface area contributed by atoms with Crippen molar-refractivity contribution in [3.63, 3.8) is 0 Å². The normalized spacial score (nSPS) is 24.5. The fourth-order valence-corrected chi connectivity index (χ4v) is 2.82. The van der Waals surface area contributed by atoms with E-state index in [9.17, 15) is 0 Å². The van der Waals surface area contributed by atoms with E-state index in [4.69, 9.17) is 18.6 Å². The summed E-state index contributed by atoms with van der Waals surface area (Å²) in [5, 5.41) is 5.15. The molecule has 1 fully saturated rings. The molecule has 0 N–H and O–H groups in total. The van der Waals surface area contributed by atoms with Crippen molar-refractivity contribution >= 4 is 11.0 Å². The molecule has 0 radical (unpaired) electrons. The van der Waals surface area contributed by atoms with E-state index in [1.165, 1.54) is 6.33 Å². The molecular weight excluding hydrogens is 298 g/mol. The van der Waals surface area contributed by atoms with Crippen LogP contribution in [-0.4, -0.2) is 41.2 Å². The van der Waals surface area contributed by atoms with Gasteiger partial charge in [-0.05, 0) is 12.1 Å². The summed E-state index contributed by atoms with van der Waals surface area (Å²) in [6, 6.07) is 9.76. The molecule has 0 amide bonds. The van der Waals surface area contributed by atoms with Gasteiger partial charge >= 0.3 is 0 Å². The van der Waals surface area contributed by atoms with Gasteiger partial charge in [-0.15, -0.1) is 0 Å². The number of para-hydroxylation sites is 1. The van der Waals surface area contributed by atoms with Gasteiger partial charge in [-0.2, -0.15) is 5.10 Å². The summed E-state index contributed by atoms with van der Waals surface area (Å²) in [4.78, 5) is 3.97. The molecule has 7 nitrogen and oxygen atoms in total. The smallest absolute Gasteiger partial charge is 0.249 e. The highest BCUT2D eigenvalue weighted by molar-refractivity contribution is 5.77. The Labute approximate surface area is 132 Å². The van der Waals surface area contributed by atoms with Crippen LogP contribution >= 0.6 is 0 Å². The zero-order valence-corrected chi connectivity index (χ0v) is 12.7. The van der Waals surface area contributed by atoms with Gasteiger partial charge in [0.25, 0.3) is 0 Å². The number of hydrogen-bond acceptors (Lipinski definition) is 6. The van der Waals surface area contributed by atoms with E-state index in [0.717, 1.165) is 11.0 Å². The molecular formula is C16H17N3O4. The molecule has 3 aromatic rings. The Bertz CT molecular complexity index is 753. The lowest BCUT2D eigenvalue weighted by Crippen LogP contribution is -2.34. The third kappa shape index (κ3) is 2.63. The van der Waals surface area contributed by atoms with Gasteiger partial charge in [-0.3, -0.25) is 0 Å². The molecule has 0 saturated carbocycles. The maximum absolute atomic E-state index is 6.15. The predicted octanol–water partition coefficient (Wildman–Crippen LogP) is 1.94. The SMILES string of the molecule is COC[C@H]1CO[C@@](Cn2cncn2)(c2cc3ccccc3o2)O1.